The lowest BCUT2D eigenvalue weighted by Gasteiger charge is -2.15. The summed E-state index contributed by atoms with van der Waals surface area (Å²) < 4.78 is 9.80. The molecule has 7 aromatic rings. The Morgan fingerprint density at radius 3 is 2.27 bits per heavy atom. The number of para-hydroxylation sites is 3. The first kappa shape index (κ1) is 23.8. The van der Waals surface area contributed by atoms with Gasteiger partial charge in [-0.2, -0.15) is 0 Å². The average Bonchev–Trinajstić information content (AvgIpc) is 3.35. The minimum atomic E-state index is -0.455. The summed E-state index contributed by atoms with van der Waals surface area (Å²) in [6.45, 7) is 0.166. The number of ketones is 1. The Morgan fingerprint density at radius 1 is 0.725 bits per heavy atom. The fraction of sp³-hybridized carbons (Fsp3) is 0.0571. The molecule has 0 saturated heterocycles. The number of carbonyl (C=O) groups excluding carboxylic acids is 1. The monoisotopic (exact) mass is 521 g/mol. The zero-order valence-corrected chi connectivity index (χ0v) is 21.6. The highest BCUT2D eigenvalue weighted by Crippen LogP contribution is 2.30. The quantitative estimate of drug-likeness (QED) is 0.139. The summed E-state index contributed by atoms with van der Waals surface area (Å²) in [7, 11) is 0. The Balaban J connectivity index is 1.37. The predicted octanol–water partition coefficient (Wildman–Crippen LogP) is 6.71. The van der Waals surface area contributed by atoms with Crippen LogP contribution in [0.4, 0.5) is 0 Å². The zero-order chi connectivity index (χ0) is 27.1. The summed E-state index contributed by atoms with van der Waals surface area (Å²) in [5.74, 6) is 0.0140. The molecule has 2 heterocycles. The number of carbonyl (C=O) groups is 1. The van der Waals surface area contributed by atoms with Crippen molar-refractivity contribution >= 4 is 38.6 Å². The highest BCUT2D eigenvalue weighted by atomic mass is 16.4. The summed E-state index contributed by atoms with van der Waals surface area (Å²) in [6, 6.07) is 40.7. The second-order valence-electron chi connectivity index (χ2n) is 9.96. The smallest absolute Gasteiger partial charge is 0.344 e. The molecule has 0 spiro atoms. The maximum absolute atomic E-state index is 13.5. The number of nitrogens with zero attached hydrogens (tertiary/aromatic N) is 2. The molecule has 0 N–H and O–H groups in total. The van der Waals surface area contributed by atoms with Crippen molar-refractivity contribution in [2.24, 2.45) is 0 Å². The molecule has 1 atom stereocenters. The molecule has 0 bridgehead atoms. The first-order chi connectivity index (χ1) is 19.7. The Hall–Kier alpha value is -5.29. The minimum absolute atomic E-state index is 0.0140. The van der Waals surface area contributed by atoms with Crippen LogP contribution >= 0.6 is 0 Å². The highest BCUT2D eigenvalue weighted by molar-refractivity contribution is 5.99. The molecule has 192 valence electrons. The second kappa shape index (κ2) is 9.79. The standard InChI is InChI=1S/C35H25N2O3/c38-32(27-19-18-24-10-4-5-13-26(24)20-27)22-36-23-37(31-16-8-7-15-30(31)36)34(25-11-2-1-3-12-25)29-21-28-14-6-9-17-33(28)40-35(29)39/h1-21,23,34H,22H2/q+1. The van der Waals surface area contributed by atoms with Crippen LogP contribution in [-0.2, 0) is 6.54 Å². The molecule has 1 unspecified atom stereocenters. The summed E-state index contributed by atoms with van der Waals surface area (Å²) in [4.78, 5) is 26.9. The van der Waals surface area contributed by atoms with E-state index in [1.54, 1.807) is 6.07 Å². The second-order valence-corrected chi connectivity index (χ2v) is 9.96. The van der Waals surface area contributed by atoms with Gasteiger partial charge in [-0.3, -0.25) is 4.79 Å². The van der Waals surface area contributed by atoms with E-state index in [4.69, 9.17) is 4.42 Å². The van der Waals surface area contributed by atoms with Crippen molar-refractivity contribution in [3.8, 4) is 0 Å². The van der Waals surface area contributed by atoms with Crippen LogP contribution in [0.3, 0.4) is 0 Å². The van der Waals surface area contributed by atoms with Gasteiger partial charge in [-0.15, -0.1) is 0 Å². The van der Waals surface area contributed by atoms with Crippen molar-refractivity contribution in [3.63, 3.8) is 0 Å². The molecule has 5 heteroatoms. The van der Waals surface area contributed by atoms with Crippen molar-refractivity contribution < 1.29 is 13.8 Å². The number of rotatable bonds is 6. The Labute approximate surface area is 230 Å². The molecule has 7 rings (SSSR count). The van der Waals surface area contributed by atoms with Crippen LogP contribution in [-0.4, -0.2) is 10.4 Å². The van der Waals surface area contributed by atoms with Crippen LogP contribution in [0.2, 0.25) is 0 Å². The largest absolute Gasteiger partial charge is 0.422 e. The molecule has 5 aromatic carbocycles. The van der Waals surface area contributed by atoms with E-state index in [-0.39, 0.29) is 18.0 Å². The Morgan fingerprint density at radius 2 is 1.43 bits per heavy atom. The normalized spacial score (nSPS) is 12.2. The van der Waals surface area contributed by atoms with Crippen LogP contribution in [0.25, 0.3) is 32.8 Å². The molecule has 2 aromatic heterocycles. The van der Waals surface area contributed by atoms with E-state index in [9.17, 15) is 9.59 Å². The van der Waals surface area contributed by atoms with Crippen molar-refractivity contribution in [2.45, 2.75) is 12.6 Å². The van der Waals surface area contributed by atoms with E-state index in [1.807, 2.05) is 132 Å². The van der Waals surface area contributed by atoms with Gasteiger partial charge in [0.2, 0.25) is 12.1 Å². The van der Waals surface area contributed by atoms with Gasteiger partial charge in [0, 0.05) is 16.5 Å². The van der Waals surface area contributed by atoms with Gasteiger partial charge in [0.25, 0.3) is 0 Å². The van der Waals surface area contributed by atoms with Crippen LogP contribution in [0, 0.1) is 0 Å². The maximum atomic E-state index is 13.5. The third-order valence-corrected chi connectivity index (χ3v) is 7.47. The van der Waals surface area contributed by atoms with E-state index in [1.165, 1.54) is 0 Å². The van der Waals surface area contributed by atoms with Gasteiger partial charge >= 0.3 is 5.63 Å². The number of aromatic nitrogens is 2. The van der Waals surface area contributed by atoms with E-state index < -0.39 is 6.04 Å². The third-order valence-electron chi connectivity index (χ3n) is 7.47. The van der Waals surface area contributed by atoms with E-state index in [2.05, 4.69) is 4.57 Å². The summed E-state index contributed by atoms with van der Waals surface area (Å²) in [5, 5.41) is 2.99. The average molecular weight is 522 g/mol. The van der Waals surface area contributed by atoms with Crippen molar-refractivity contribution in [1.82, 2.24) is 4.57 Å². The predicted molar refractivity (Wildman–Crippen MR) is 157 cm³/mol. The zero-order valence-electron chi connectivity index (χ0n) is 21.6. The lowest BCUT2D eigenvalue weighted by atomic mass is 9.98. The van der Waals surface area contributed by atoms with Crippen LogP contribution in [0.15, 0.2) is 143 Å². The first-order valence-corrected chi connectivity index (χ1v) is 13.2. The summed E-state index contributed by atoms with van der Waals surface area (Å²) in [6.07, 6.45) is 1.94. The van der Waals surface area contributed by atoms with Gasteiger partial charge < -0.3 is 4.42 Å². The first-order valence-electron chi connectivity index (χ1n) is 13.2. The lowest BCUT2D eigenvalue weighted by molar-refractivity contribution is -0.658. The number of benzene rings is 5. The molecule has 0 aliphatic heterocycles. The van der Waals surface area contributed by atoms with Crippen molar-refractivity contribution in [2.75, 3.05) is 0 Å². The molecule has 0 radical (unpaired) electrons. The SMILES string of the molecule is O=C(C[n+]1cn(C(c2ccccc2)c2cc3ccccc3oc2=O)c2ccccc21)c1ccc2ccccc2c1. The molecule has 0 aliphatic rings. The van der Waals surface area contributed by atoms with E-state index in [0.717, 1.165) is 32.8 Å². The molecular weight excluding hydrogens is 496 g/mol. The molecule has 0 saturated carbocycles. The van der Waals surface area contributed by atoms with Crippen molar-refractivity contribution in [3.05, 3.63) is 161 Å². The van der Waals surface area contributed by atoms with Crippen LogP contribution in [0.1, 0.15) is 27.5 Å². The summed E-state index contributed by atoms with van der Waals surface area (Å²) in [5.41, 5.74) is 4.12. The minimum Gasteiger partial charge on any atom is -0.422 e. The topological polar surface area (TPSA) is 56.1 Å². The molecule has 0 amide bonds. The van der Waals surface area contributed by atoms with E-state index in [0.29, 0.717) is 16.7 Å². The number of imidazole rings is 1. The molecule has 0 aliphatic carbocycles. The molecule has 5 nitrogen and oxygen atoms in total. The molecular formula is C35H25N2O3+. The maximum Gasteiger partial charge on any atom is 0.344 e. The van der Waals surface area contributed by atoms with Gasteiger partial charge in [-0.25, -0.2) is 13.9 Å². The summed E-state index contributed by atoms with van der Waals surface area (Å²) >= 11 is 0. The van der Waals surface area contributed by atoms with Gasteiger partial charge in [0.1, 0.15) is 5.58 Å². The number of Topliss-reactive ketones (excluding diaryl/α,β-unsaturated/α-hetero) is 1. The lowest BCUT2D eigenvalue weighted by Crippen LogP contribution is -2.37. The molecule has 0 fully saturated rings. The highest BCUT2D eigenvalue weighted by Gasteiger charge is 2.30. The van der Waals surface area contributed by atoms with Crippen molar-refractivity contribution in [1.29, 1.82) is 0 Å². The van der Waals surface area contributed by atoms with Crippen LogP contribution in [0.5, 0.6) is 0 Å². The Kier molecular flexibility index (Phi) is 5.82. The fourth-order valence-corrected chi connectivity index (χ4v) is 5.53. The fourth-order valence-electron chi connectivity index (χ4n) is 5.53. The number of hydrogen-bond acceptors (Lipinski definition) is 3. The number of hydrogen-bond donors (Lipinski definition) is 0. The van der Waals surface area contributed by atoms with Gasteiger partial charge in [-0.1, -0.05) is 97.1 Å². The molecule has 40 heavy (non-hydrogen) atoms. The van der Waals surface area contributed by atoms with E-state index >= 15 is 0 Å². The third kappa shape index (κ3) is 4.18. The van der Waals surface area contributed by atoms with Gasteiger partial charge in [0.15, 0.2) is 23.6 Å². The van der Waals surface area contributed by atoms with Gasteiger partial charge in [-0.05, 0) is 41.1 Å². The van der Waals surface area contributed by atoms with Crippen LogP contribution < -0.4 is 10.2 Å². The number of fused-ring (bicyclic) bond motifs is 3. The van der Waals surface area contributed by atoms with Gasteiger partial charge in [0.05, 0.1) is 5.56 Å². The Bertz CT molecular complexity index is 2090.